The summed E-state index contributed by atoms with van der Waals surface area (Å²) in [7, 11) is 0. The minimum Gasteiger partial charge on any atom is -0.466 e. The summed E-state index contributed by atoms with van der Waals surface area (Å²) in [5, 5.41) is 8.65. The van der Waals surface area contributed by atoms with Crippen LogP contribution in [0.4, 0.5) is 0 Å². The lowest BCUT2D eigenvalue weighted by Gasteiger charge is -2.30. The van der Waals surface area contributed by atoms with Gasteiger partial charge in [-0.3, -0.25) is 4.79 Å². The Morgan fingerprint density at radius 2 is 2.44 bits per heavy atom. The number of rotatable bonds is 4. The Bertz CT molecular complexity index is 305. The van der Waals surface area contributed by atoms with Crippen LogP contribution in [0.2, 0.25) is 0 Å². The number of carbonyl (C=O) groups excluding carboxylic acids is 1. The fraction of sp³-hybridized carbons (Fsp3) is 0.667. The van der Waals surface area contributed by atoms with E-state index in [-0.39, 0.29) is 5.97 Å². The zero-order chi connectivity index (χ0) is 11.8. The van der Waals surface area contributed by atoms with Gasteiger partial charge < -0.3 is 9.64 Å². The molecule has 1 rings (SSSR count). The van der Waals surface area contributed by atoms with Crippen molar-refractivity contribution in [2.75, 3.05) is 19.7 Å². The highest BCUT2D eigenvalue weighted by molar-refractivity contribution is 5.69. The predicted molar refractivity (Wildman–Crippen MR) is 60.4 cm³/mol. The minimum absolute atomic E-state index is 0.163. The van der Waals surface area contributed by atoms with E-state index in [4.69, 9.17) is 10.00 Å². The van der Waals surface area contributed by atoms with Gasteiger partial charge in [-0.2, -0.15) is 5.26 Å². The molecule has 0 aliphatic carbocycles. The highest BCUT2D eigenvalue weighted by Crippen LogP contribution is 2.20. The average molecular weight is 222 g/mol. The lowest BCUT2D eigenvalue weighted by Crippen LogP contribution is -2.30. The van der Waals surface area contributed by atoms with Crippen LogP contribution in [0.1, 0.15) is 32.6 Å². The summed E-state index contributed by atoms with van der Waals surface area (Å²) in [6.07, 6.45) is 5.19. The van der Waals surface area contributed by atoms with E-state index >= 15 is 0 Å². The molecule has 0 saturated carbocycles. The van der Waals surface area contributed by atoms with E-state index in [1.807, 2.05) is 0 Å². The summed E-state index contributed by atoms with van der Waals surface area (Å²) in [5.41, 5.74) is 1.05. The second kappa shape index (κ2) is 6.89. The maximum absolute atomic E-state index is 11.2. The fourth-order valence-electron chi connectivity index (χ4n) is 1.86. The molecule has 0 amide bonds. The van der Waals surface area contributed by atoms with Gasteiger partial charge in [0.25, 0.3) is 0 Å². The minimum atomic E-state index is -0.163. The largest absolute Gasteiger partial charge is 0.466 e. The summed E-state index contributed by atoms with van der Waals surface area (Å²) < 4.78 is 4.88. The second-order valence-corrected chi connectivity index (χ2v) is 3.76. The molecule has 0 aromatic carbocycles. The summed E-state index contributed by atoms with van der Waals surface area (Å²) in [5.74, 6) is -0.163. The van der Waals surface area contributed by atoms with Crippen LogP contribution in [0.3, 0.4) is 0 Å². The Balaban J connectivity index is 2.42. The zero-order valence-electron chi connectivity index (χ0n) is 9.74. The van der Waals surface area contributed by atoms with Crippen LogP contribution in [-0.4, -0.2) is 30.6 Å². The molecule has 0 unspecified atom stereocenters. The maximum Gasteiger partial charge on any atom is 0.307 e. The van der Waals surface area contributed by atoms with Gasteiger partial charge in [-0.15, -0.1) is 0 Å². The summed E-state index contributed by atoms with van der Waals surface area (Å²) in [4.78, 5) is 13.3. The molecule has 88 valence electrons. The Morgan fingerprint density at radius 1 is 1.62 bits per heavy atom. The highest BCUT2D eigenvalue weighted by atomic mass is 16.5. The Morgan fingerprint density at radius 3 is 3.12 bits per heavy atom. The Labute approximate surface area is 96.5 Å². The van der Waals surface area contributed by atoms with Crippen LogP contribution < -0.4 is 0 Å². The van der Waals surface area contributed by atoms with Crippen LogP contribution in [0.5, 0.6) is 0 Å². The lowest BCUT2D eigenvalue weighted by atomic mass is 10.1. The summed E-state index contributed by atoms with van der Waals surface area (Å²) >= 11 is 0. The smallest absolute Gasteiger partial charge is 0.307 e. The van der Waals surface area contributed by atoms with E-state index < -0.39 is 0 Å². The van der Waals surface area contributed by atoms with Gasteiger partial charge in [-0.1, -0.05) is 0 Å². The molecule has 4 nitrogen and oxygen atoms in total. The fourth-order valence-corrected chi connectivity index (χ4v) is 1.86. The quantitative estimate of drug-likeness (QED) is 0.538. The third-order valence-electron chi connectivity index (χ3n) is 2.64. The SMILES string of the molecule is CCOC(=O)CCN1CCCCC1=CC#N. The van der Waals surface area contributed by atoms with Crippen molar-refractivity contribution in [3.8, 4) is 6.07 Å². The molecule has 0 radical (unpaired) electrons. The van der Waals surface area contributed by atoms with Crippen LogP contribution in [0.15, 0.2) is 11.8 Å². The molecule has 0 atom stereocenters. The van der Waals surface area contributed by atoms with Gasteiger partial charge in [0.15, 0.2) is 0 Å². The number of carbonyl (C=O) groups is 1. The first kappa shape index (κ1) is 12.6. The molecular formula is C12H18N2O2. The normalized spacial score (nSPS) is 18.2. The Kier molecular flexibility index (Phi) is 5.41. The molecule has 4 heteroatoms. The number of hydrogen-bond donors (Lipinski definition) is 0. The van der Waals surface area contributed by atoms with E-state index in [0.29, 0.717) is 19.6 Å². The van der Waals surface area contributed by atoms with Gasteiger partial charge in [0.2, 0.25) is 0 Å². The number of ether oxygens (including phenoxy) is 1. The topological polar surface area (TPSA) is 53.3 Å². The van der Waals surface area contributed by atoms with Crippen molar-refractivity contribution in [2.24, 2.45) is 0 Å². The monoisotopic (exact) mass is 222 g/mol. The van der Waals surface area contributed by atoms with Gasteiger partial charge >= 0.3 is 5.97 Å². The molecule has 0 spiro atoms. The number of esters is 1. The molecular weight excluding hydrogens is 204 g/mol. The standard InChI is InChI=1S/C12H18N2O2/c1-2-16-12(15)7-10-14-9-4-3-5-11(14)6-8-13/h6H,2-5,7,9-10H2,1H3. The van der Waals surface area contributed by atoms with Gasteiger partial charge in [0.1, 0.15) is 0 Å². The third kappa shape index (κ3) is 3.93. The number of hydrogen-bond acceptors (Lipinski definition) is 4. The van der Waals surface area contributed by atoms with E-state index in [2.05, 4.69) is 11.0 Å². The van der Waals surface area contributed by atoms with Crippen molar-refractivity contribution in [3.05, 3.63) is 11.8 Å². The number of allylic oxidation sites excluding steroid dienone is 2. The molecule has 0 aromatic rings. The van der Waals surface area contributed by atoms with Crippen molar-refractivity contribution in [3.63, 3.8) is 0 Å². The third-order valence-corrected chi connectivity index (χ3v) is 2.64. The van der Waals surface area contributed by atoms with Crippen molar-refractivity contribution in [2.45, 2.75) is 32.6 Å². The van der Waals surface area contributed by atoms with E-state index in [0.717, 1.165) is 31.5 Å². The molecule has 1 heterocycles. The van der Waals surface area contributed by atoms with Crippen LogP contribution in [0, 0.1) is 11.3 Å². The number of likely N-dealkylation sites (tertiary alicyclic amines) is 1. The van der Waals surface area contributed by atoms with Crippen LogP contribution >= 0.6 is 0 Å². The lowest BCUT2D eigenvalue weighted by molar-refractivity contribution is -0.143. The first-order chi connectivity index (χ1) is 7.77. The summed E-state index contributed by atoms with van der Waals surface area (Å²) in [6.45, 7) is 3.83. The van der Waals surface area contributed by atoms with Gasteiger partial charge in [0, 0.05) is 24.9 Å². The molecule has 0 aromatic heterocycles. The van der Waals surface area contributed by atoms with Gasteiger partial charge in [-0.25, -0.2) is 0 Å². The molecule has 16 heavy (non-hydrogen) atoms. The van der Waals surface area contributed by atoms with Crippen LogP contribution in [-0.2, 0) is 9.53 Å². The molecule has 0 N–H and O–H groups in total. The molecule has 1 aliphatic rings. The number of nitriles is 1. The van der Waals surface area contributed by atoms with Crippen molar-refractivity contribution in [1.29, 1.82) is 5.26 Å². The molecule has 1 aliphatic heterocycles. The number of nitrogens with zero attached hydrogens (tertiary/aromatic N) is 2. The Hall–Kier alpha value is -1.50. The van der Waals surface area contributed by atoms with E-state index in [1.165, 1.54) is 0 Å². The predicted octanol–water partition coefficient (Wildman–Crippen LogP) is 1.83. The van der Waals surface area contributed by atoms with Crippen molar-refractivity contribution >= 4 is 5.97 Å². The summed E-state index contributed by atoms with van der Waals surface area (Å²) in [6, 6.07) is 2.06. The molecule has 1 fully saturated rings. The van der Waals surface area contributed by atoms with E-state index in [1.54, 1.807) is 13.0 Å². The van der Waals surface area contributed by atoms with Crippen LogP contribution in [0.25, 0.3) is 0 Å². The van der Waals surface area contributed by atoms with Crippen molar-refractivity contribution in [1.82, 2.24) is 4.90 Å². The maximum atomic E-state index is 11.2. The molecule has 1 saturated heterocycles. The average Bonchev–Trinajstić information content (AvgIpc) is 2.29. The first-order valence-corrected chi connectivity index (χ1v) is 5.77. The van der Waals surface area contributed by atoms with Gasteiger partial charge in [0.05, 0.1) is 19.1 Å². The highest BCUT2D eigenvalue weighted by Gasteiger charge is 2.15. The van der Waals surface area contributed by atoms with Gasteiger partial charge in [-0.05, 0) is 26.2 Å². The first-order valence-electron chi connectivity index (χ1n) is 5.77. The van der Waals surface area contributed by atoms with E-state index in [9.17, 15) is 4.79 Å². The number of piperidine rings is 1. The van der Waals surface area contributed by atoms with Crippen molar-refractivity contribution < 1.29 is 9.53 Å². The second-order valence-electron chi connectivity index (χ2n) is 3.76. The molecule has 0 bridgehead atoms. The zero-order valence-corrected chi connectivity index (χ0v) is 9.74.